The minimum Gasteiger partial charge on any atom is -0.358 e. The molecule has 0 bridgehead atoms. The van der Waals surface area contributed by atoms with Crippen molar-refractivity contribution in [2.75, 3.05) is 0 Å². The summed E-state index contributed by atoms with van der Waals surface area (Å²) in [6.45, 7) is 7.95. The Morgan fingerprint density at radius 2 is 1.63 bits per heavy atom. The van der Waals surface area contributed by atoms with Gasteiger partial charge in [-0.05, 0) is 51.0 Å². The maximum Gasteiger partial charge on any atom is 0.340 e. The lowest BCUT2D eigenvalue weighted by Crippen LogP contribution is -2.13. The van der Waals surface area contributed by atoms with E-state index in [4.69, 9.17) is 4.18 Å². The van der Waals surface area contributed by atoms with Gasteiger partial charge in [0.2, 0.25) is 5.88 Å². The fourth-order valence-electron chi connectivity index (χ4n) is 2.93. The molecule has 5 nitrogen and oxygen atoms in total. The summed E-state index contributed by atoms with van der Waals surface area (Å²) >= 11 is 0. The van der Waals surface area contributed by atoms with Crippen LogP contribution in [0.3, 0.4) is 0 Å². The van der Waals surface area contributed by atoms with E-state index in [0.717, 1.165) is 40.9 Å². The zero-order valence-corrected chi connectivity index (χ0v) is 16.9. The van der Waals surface area contributed by atoms with E-state index >= 15 is 0 Å². The van der Waals surface area contributed by atoms with Crippen LogP contribution in [0, 0.1) is 20.8 Å². The molecule has 0 fully saturated rings. The van der Waals surface area contributed by atoms with E-state index in [1.807, 2.05) is 39.0 Å². The number of hydrogen-bond acceptors (Lipinski definition) is 4. The first-order valence-corrected chi connectivity index (χ1v) is 10.4. The van der Waals surface area contributed by atoms with Crippen molar-refractivity contribution in [1.82, 2.24) is 9.78 Å². The van der Waals surface area contributed by atoms with Gasteiger partial charge in [-0.1, -0.05) is 48.7 Å². The molecular formula is C21H24N2O3S. The van der Waals surface area contributed by atoms with Gasteiger partial charge in [0, 0.05) is 6.07 Å². The molecule has 2 aromatic carbocycles. The number of aromatic nitrogens is 2. The van der Waals surface area contributed by atoms with Crippen molar-refractivity contribution >= 4 is 10.1 Å². The monoisotopic (exact) mass is 384 g/mol. The van der Waals surface area contributed by atoms with Crippen LogP contribution in [0.5, 0.6) is 5.88 Å². The lowest BCUT2D eigenvalue weighted by atomic mass is 10.1. The van der Waals surface area contributed by atoms with E-state index < -0.39 is 10.1 Å². The summed E-state index contributed by atoms with van der Waals surface area (Å²) in [7, 11) is -3.94. The van der Waals surface area contributed by atoms with Crippen LogP contribution in [0.2, 0.25) is 0 Å². The lowest BCUT2D eigenvalue weighted by Gasteiger charge is -2.12. The topological polar surface area (TPSA) is 61.2 Å². The molecule has 0 amide bonds. The highest BCUT2D eigenvalue weighted by atomic mass is 32.2. The summed E-state index contributed by atoms with van der Waals surface area (Å²) in [4.78, 5) is 0.124. The molecule has 1 heterocycles. The van der Waals surface area contributed by atoms with Gasteiger partial charge in [-0.25, -0.2) is 0 Å². The first-order valence-electron chi connectivity index (χ1n) is 8.98. The largest absolute Gasteiger partial charge is 0.358 e. The van der Waals surface area contributed by atoms with E-state index in [2.05, 4.69) is 12.0 Å². The van der Waals surface area contributed by atoms with Gasteiger partial charge in [-0.3, -0.25) is 0 Å². The van der Waals surface area contributed by atoms with Gasteiger partial charge in [0.1, 0.15) is 4.90 Å². The number of hydrogen-bond donors (Lipinski definition) is 0. The fourth-order valence-corrected chi connectivity index (χ4v) is 3.84. The Hall–Kier alpha value is -2.60. The molecule has 0 spiro atoms. The van der Waals surface area contributed by atoms with Crippen molar-refractivity contribution in [2.24, 2.45) is 0 Å². The Morgan fingerprint density at radius 1 is 0.963 bits per heavy atom. The van der Waals surface area contributed by atoms with E-state index in [9.17, 15) is 8.42 Å². The predicted molar refractivity (Wildman–Crippen MR) is 106 cm³/mol. The van der Waals surface area contributed by atoms with E-state index in [1.165, 1.54) is 0 Å². The van der Waals surface area contributed by atoms with E-state index in [-0.39, 0.29) is 10.8 Å². The Morgan fingerprint density at radius 3 is 2.26 bits per heavy atom. The molecule has 1 aromatic heterocycles. The number of aryl methyl sites for hydroxylation is 4. The molecule has 0 aliphatic rings. The maximum absolute atomic E-state index is 12.7. The average molecular weight is 385 g/mol. The van der Waals surface area contributed by atoms with Crippen LogP contribution in [-0.4, -0.2) is 18.2 Å². The summed E-state index contributed by atoms with van der Waals surface area (Å²) < 4.78 is 32.6. The van der Waals surface area contributed by atoms with Gasteiger partial charge in [0.15, 0.2) is 0 Å². The molecule has 6 heteroatoms. The van der Waals surface area contributed by atoms with E-state index in [0.29, 0.717) is 0 Å². The van der Waals surface area contributed by atoms with Crippen molar-refractivity contribution in [1.29, 1.82) is 0 Å². The first kappa shape index (κ1) is 19.2. The second-order valence-corrected chi connectivity index (χ2v) is 8.32. The first-order chi connectivity index (χ1) is 12.8. The summed E-state index contributed by atoms with van der Waals surface area (Å²) in [5, 5.41) is 4.58. The molecule has 0 aliphatic carbocycles. The van der Waals surface area contributed by atoms with Crippen LogP contribution in [-0.2, 0) is 16.5 Å². The van der Waals surface area contributed by atoms with Gasteiger partial charge in [0.25, 0.3) is 0 Å². The zero-order valence-electron chi connectivity index (χ0n) is 16.1. The number of benzene rings is 2. The maximum atomic E-state index is 12.7. The molecule has 0 atom stereocenters. The van der Waals surface area contributed by atoms with Gasteiger partial charge in [-0.2, -0.15) is 18.2 Å². The van der Waals surface area contributed by atoms with Gasteiger partial charge >= 0.3 is 10.1 Å². The van der Waals surface area contributed by atoms with Crippen LogP contribution in [0.25, 0.3) is 5.69 Å². The highest BCUT2D eigenvalue weighted by molar-refractivity contribution is 7.87. The fraction of sp³-hybridized carbons (Fsp3) is 0.286. The van der Waals surface area contributed by atoms with Crippen LogP contribution in [0.1, 0.15) is 35.7 Å². The number of rotatable bonds is 6. The Kier molecular flexibility index (Phi) is 5.37. The quantitative estimate of drug-likeness (QED) is 0.586. The molecule has 27 heavy (non-hydrogen) atoms. The third kappa shape index (κ3) is 4.22. The van der Waals surface area contributed by atoms with Crippen LogP contribution in [0.15, 0.2) is 53.4 Å². The van der Waals surface area contributed by atoms with Crippen molar-refractivity contribution < 1.29 is 12.6 Å². The zero-order chi connectivity index (χ0) is 19.6. The van der Waals surface area contributed by atoms with Gasteiger partial charge in [-0.15, -0.1) is 0 Å². The normalized spacial score (nSPS) is 11.6. The third-order valence-electron chi connectivity index (χ3n) is 4.32. The SMILES string of the molecule is CCCc1cc(OS(=O)(=O)c2ccc(C)cc2)n(-c2ccc(C)cc2C)n1. The molecule has 0 radical (unpaired) electrons. The molecule has 0 aliphatic heterocycles. The molecular weight excluding hydrogens is 360 g/mol. The minimum absolute atomic E-state index is 0.124. The highest BCUT2D eigenvalue weighted by Gasteiger charge is 2.21. The average Bonchev–Trinajstić information content (AvgIpc) is 2.97. The molecule has 0 saturated carbocycles. The third-order valence-corrected chi connectivity index (χ3v) is 5.56. The van der Waals surface area contributed by atoms with Crippen LogP contribution < -0.4 is 4.18 Å². The molecule has 0 N–H and O–H groups in total. The molecule has 0 unspecified atom stereocenters. The molecule has 3 rings (SSSR count). The molecule has 142 valence electrons. The minimum atomic E-state index is -3.94. The molecule has 0 saturated heterocycles. The Balaban J connectivity index is 2.05. The second-order valence-electron chi connectivity index (χ2n) is 6.78. The summed E-state index contributed by atoms with van der Waals surface area (Å²) in [5.74, 6) is 0.200. The van der Waals surface area contributed by atoms with Gasteiger partial charge in [0.05, 0.1) is 11.4 Å². The van der Waals surface area contributed by atoms with Crippen molar-refractivity contribution in [2.45, 2.75) is 45.4 Å². The lowest BCUT2D eigenvalue weighted by molar-refractivity contribution is 0.464. The van der Waals surface area contributed by atoms with Crippen molar-refractivity contribution in [3.05, 3.63) is 70.9 Å². The smallest absolute Gasteiger partial charge is 0.340 e. The van der Waals surface area contributed by atoms with Crippen LogP contribution >= 0.6 is 0 Å². The standard InChI is InChI=1S/C21H24N2O3S/c1-5-6-18-14-21(23(22-18)20-12-9-16(3)13-17(20)4)26-27(24,25)19-10-7-15(2)8-11-19/h7-14H,5-6H2,1-4H3. The summed E-state index contributed by atoms with van der Waals surface area (Å²) in [5.41, 5.74) is 4.72. The van der Waals surface area contributed by atoms with Crippen molar-refractivity contribution in [3.63, 3.8) is 0 Å². The summed E-state index contributed by atoms with van der Waals surface area (Å²) in [6.07, 6.45) is 1.66. The summed E-state index contributed by atoms with van der Waals surface area (Å²) in [6, 6.07) is 14.2. The predicted octanol–water partition coefficient (Wildman–Crippen LogP) is 4.52. The van der Waals surface area contributed by atoms with E-state index in [1.54, 1.807) is 35.0 Å². The van der Waals surface area contributed by atoms with Crippen LogP contribution in [0.4, 0.5) is 0 Å². The molecule has 3 aromatic rings. The Bertz CT molecular complexity index is 1050. The second kappa shape index (κ2) is 7.56. The highest BCUT2D eigenvalue weighted by Crippen LogP contribution is 2.26. The van der Waals surface area contributed by atoms with Gasteiger partial charge < -0.3 is 4.18 Å². The Labute approximate surface area is 160 Å². The van der Waals surface area contributed by atoms with Crippen molar-refractivity contribution in [3.8, 4) is 11.6 Å². The number of nitrogens with zero attached hydrogens (tertiary/aromatic N) is 2.